The zero-order chi connectivity index (χ0) is 16.3. The largest absolute Gasteiger partial charge is 0.478 e. The maximum Gasteiger partial charge on any atom is 0.338 e. The molecule has 0 amide bonds. The van der Waals surface area contributed by atoms with Crippen LogP contribution in [0.2, 0.25) is 0 Å². The first-order chi connectivity index (χ1) is 10.4. The van der Waals surface area contributed by atoms with Crippen LogP contribution in [0.1, 0.15) is 21.5 Å². The fourth-order valence-corrected chi connectivity index (χ4v) is 3.03. The maximum atomic E-state index is 12.3. The lowest BCUT2D eigenvalue weighted by Gasteiger charge is -2.13. The molecule has 2 rings (SSSR count). The third-order valence-corrected chi connectivity index (χ3v) is 4.38. The van der Waals surface area contributed by atoms with Crippen molar-refractivity contribution >= 4 is 27.8 Å². The molecular formula is C15H14N2O4S. The second-order valence-corrected chi connectivity index (χ2v) is 6.11. The summed E-state index contributed by atoms with van der Waals surface area (Å²) < 4.78 is 26.8. The first kappa shape index (κ1) is 15.7. The molecule has 7 heteroatoms. The summed E-state index contributed by atoms with van der Waals surface area (Å²) in [7, 11) is -3.96. The number of hydrogen-bond acceptors (Lipinski definition) is 4. The smallest absolute Gasteiger partial charge is 0.338 e. The van der Waals surface area contributed by atoms with Crippen LogP contribution in [0.3, 0.4) is 0 Å². The molecule has 0 fully saturated rings. The highest BCUT2D eigenvalue weighted by atomic mass is 32.2. The zero-order valence-electron chi connectivity index (χ0n) is 11.8. The highest BCUT2D eigenvalue weighted by Crippen LogP contribution is 2.26. The van der Waals surface area contributed by atoms with E-state index in [-0.39, 0.29) is 16.3 Å². The number of sulfonamides is 1. The summed E-state index contributed by atoms with van der Waals surface area (Å²) in [6, 6.07) is 7.45. The van der Waals surface area contributed by atoms with Crippen LogP contribution in [0, 0.1) is 6.92 Å². The van der Waals surface area contributed by atoms with Gasteiger partial charge in [0.2, 0.25) is 0 Å². The molecule has 0 aliphatic carbocycles. The van der Waals surface area contributed by atoms with E-state index in [2.05, 4.69) is 16.3 Å². The first-order valence-corrected chi connectivity index (χ1v) is 7.78. The minimum absolute atomic E-state index is 0.0127. The van der Waals surface area contributed by atoms with E-state index in [4.69, 9.17) is 0 Å². The van der Waals surface area contributed by atoms with Gasteiger partial charge in [-0.15, -0.1) is 0 Å². The van der Waals surface area contributed by atoms with Crippen LogP contribution in [0.4, 0.5) is 5.69 Å². The summed E-state index contributed by atoms with van der Waals surface area (Å²) in [5.41, 5.74) is 0.931. The Morgan fingerprint density at radius 1 is 1.32 bits per heavy atom. The van der Waals surface area contributed by atoms with Gasteiger partial charge in [0, 0.05) is 6.20 Å². The second kappa shape index (κ2) is 5.98. The standard InChI is InChI=1S/C15H14N2O4S/c1-3-11-7-8-12(14(10(11)2)15(18)19)17-22(20,21)13-6-4-5-9-16-13/h3-9,17H,1H2,2H3,(H,18,19). The van der Waals surface area contributed by atoms with Crippen molar-refractivity contribution in [3.63, 3.8) is 0 Å². The number of aromatic nitrogens is 1. The van der Waals surface area contributed by atoms with Crippen molar-refractivity contribution in [3.05, 3.63) is 59.8 Å². The summed E-state index contributed by atoms with van der Waals surface area (Å²) in [5.74, 6) is -1.22. The minimum atomic E-state index is -3.96. The number of benzene rings is 1. The topological polar surface area (TPSA) is 96.4 Å². The van der Waals surface area contributed by atoms with Crippen molar-refractivity contribution in [2.24, 2.45) is 0 Å². The van der Waals surface area contributed by atoms with Gasteiger partial charge in [-0.05, 0) is 36.2 Å². The molecule has 2 N–H and O–H groups in total. The van der Waals surface area contributed by atoms with Gasteiger partial charge in [0.15, 0.2) is 5.03 Å². The van der Waals surface area contributed by atoms with E-state index in [1.165, 1.54) is 30.5 Å². The molecule has 0 saturated carbocycles. The number of hydrogen-bond donors (Lipinski definition) is 2. The minimum Gasteiger partial charge on any atom is -0.478 e. The summed E-state index contributed by atoms with van der Waals surface area (Å²) >= 11 is 0. The molecule has 0 atom stereocenters. The molecule has 0 bridgehead atoms. The molecule has 1 aromatic heterocycles. The summed E-state index contributed by atoms with van der Waals surface area (Å²) in [6.07, 6.45) is 2.86. The predicted molar refractivity (Wildman–Crippen MR) is 83.3 cm³/mol. The molecule has 0 aliphatic rings. The lowest BCUT2D eigenvalue weighted by Crippen LogP contribution is -2.17. The highest BCUT2D eigenvalue weighted by molar-refractivity contribution is 7.92. The second-order valence-electron chi connectivity index (χ2n) is 4.49. The molecule has 0 aliphatic heterocycles. The van der Waals surface area contributed by atoms with Crippen LogP contribution in [0.5, 0.6) is 0 Å². The molecule has 1 heterocycles. The highest BCUT2D eigenvalue weighted by Gasteiger charge is 2.21. The van der Waals surface area contributed by atoms with Crippen molar-refractivity contribution < 1.29 is 18.3 Å². The van der Waals surface area contributed by atoms with E-state index >= 15 is 0 Å². The molecule has 6 nitrogen and oxygen atoms in total. The van der Waals surface area contributed by atoms with Gasteiger partial charge in [0.1, 0.15) is 0 Å². The molecule has 1 aromatic carbocycles. The Bertz CT molecular complexity index is 830. The van der Waals surface area contributed by atoms with Gasteiger partial charge < -0.3 is 5.11 Å². The van der Waals surface area contributed by atoms with Gasteiger partial charge in [-0.3, -0.25) is 4.72 Å². The van der Waals surface area contributed by atoms with E-state index in [1.807, 2.05) is 0 Å². The van der Waals surface area contributed by atoms with Gasteiger partial charge >= 0.3 is 5.97 Å². The lowest BCUT2D eigenvalue weighted by molar-refractivity contribution is 0.0697. The number of carboxylic acids is 1. The number of nitrogens with zero attached hydrogens (tertiary/aromatic N) is 1. The third-order valence-electron chi connectivity index (χ3n) is 3.10. The summed E-state index contributed by atoms with van der Waals surface area (Å²) in [6.45, 7) is 5.20. The molecule has 22 heavy (non-hydrogen) atoms. The average Bonchev–Trinajstić information content (AvgIpc) is 2.47. The van der Waals surface area contributed by atoms with Crippen molar-refractivity contribution in [1.29, 1.82) is 0 Å². The zero-order valence-corrected chi connectivity index (χ0v) is 12.6. The first-order valence-electron chi connectivity index (χ1n) is 6.30. The number of anilines is 1. The van der Waals surface area contributed by atoms with Crippen LogP contribution >= 0.6 is 0 Å². The van der Waals surface area contributed by atoms with Crippen molar-refractivity contribution in [1.82, 2.24) is 4.98 Å². The van der Waals surface area contributed by atoms with Crippen LogP contribution < -0.4 is 4.72 Å². The van der Waals surface area contributed by atoms with E-state index in [1.54, 1.807) is 19.1 Å². The molecule has 114 valence electrons. The number of aromatic carboxylic acids is 1. The summed E-state index contributed by atoms with van der Waals surface area (Å²) in [5, 5.41) is 9.17. The normalized spacial score (nSPS) is 11.0. The van der Waals surface area contributed by atoms with Crippen molar-refractivity contribution in [2.45, 2.75) is 11.9 Å². The van der Waals surface area contributed by atoms with Gasteiger partial charge in [0.25, 0.3) is 10.0 Å². The number of pyridine rings is 1. The quantitative estimate of drug-likeness (QED) is 0.883. The van der Waals surface area contributed by atoms with Gasteiger partial charge in [-0.25, -0.2) is 9.78 Å². The number of carboxylic acid groups (broad SMARTS) is 1. The van der Waals surface area contributed by atoms with E-state index in [0.717, 1.165) is 0 Å². The predicted octanol–water partition coefficient (Wildman–Crippen LogP) is 2.53. The Labute approximate surface area is 128 Å². The monoisotopic (exact) mass is 318 g/mol. The van der Waals surface area contributed by atoms with Crippen molar-refractivity contribution in [3.8, 4) is 0 Å². The Morgan fingerprint density at radius 3 is 2.59 bits per heavy atom. The Morgan fingerprint density at radius 2 is 2.05 bits per heavy atom. The van der Waals surface area contributed by atoms with Gasteiger partial charge in [0.05, 0.1) is 11.3 Å². The lowest BCUT2D eigenvalue weighted by atomic mass is 10.0. The van der Waals surface area contributed by atoms with E-state index < -0.39 is 16.0 Å². The third kappa shape index (κ3) is 2.99. The molecule has 0 spiro atoms. The Balaban J connectivity index is 2.53. The van der Waals surface area contributed by atoms with Gasteiger partial charge in [-0.1, -0.05) is 24.8 Å². The maximum absolute atomic E-state index is 12.3. The fraction of sp³-hybridized carbons (Fsp3) is 0.0667. The number of rotatable bonds is 5. The number of nitrogens with one attached hydrogen (secondary N) is 1. The molecule has 2 aromatic rings. The molecule has 0 saturated heterocycles. The van der Waals surface area contributed by atoms with Crippen LogP contribution in [0.15, 0.2) is 48.1 Å². The summed E-state index contributed by atoms with van der Waals surface area (Å²) in [4.78, 5) is 15.2. The average molecular weight is 318 g/mol. The molecule has 0 radical (unpaired) electrons. The van der Waals surface area contributed by atoms with Crippen LogP contribution in [-0.2, 0) is 10.0 Å². The van der Waals surface area contributed by atoms with Crippen LogP contribution in [0.25, 0.3) is 6.08 Å². The number of carbonyl (C=O) groups is 1. The van der Waals surface area contributed by atoms with Crippen molar-refractivity contribution in [2.75, 3.05) is 4.72 Å². The van der Waals surface area contributed by atoms with Crippen LogP contribution in [-0.4, -0.2) is 24.5 Å². The van der Waals surface area contributed by atoms with Gasteiger partial charge in [-0.2, -0.15) is 8.42 Å². The Kier molecular flexibility index (Phi) is 4.27. The van der Waals surface area contributed by atoms with E-state index in [0.29, 0.717) is 11.1 Å². The Hall–Kier alpha value is -2.67. The fourth-order valence-electron chi connectivity index (χ4n) is 2.01. The SMILES string of the molecule is C=Cc1ccc(NS(=O)(=O)c2ccccn2)c(C(=O)O)c1C. The van der Waals surface area contributed by atoms with E-state index in [9.17, 15) is 18.3 Å². The molecular weight excluding hydrogens is 304 g/mol. The molecule has 0 unspecified atom stereocenters.